The van der Waals surface area contributed by atoms with Gasteiger partial charge in [0.1, 0.15) is 16.3 Å². The molecule has 4 rings (SSSR count). The third kappa shape index (κ3) is 5.12. The Morgan fingerprint density at radius 3 is 2.65 bits per heavy atom. The Hall–Kier alpha value is -3.65. The summed E-state index contributed by atoms with van der Waals surface area (Å²) in [6, 6.07) is 13.7. The Bertz CT molecular complexity index is 1360. The van der Waals surface area contributed by atoms with E-state index < -0.39 is 0 Å². The lowest BCUT2D eigenvalue weighted by molar-refractivity contribution is -0.121. The average molecular weight is 478 g/mol. The average Bonchev–Trinajstić information content (AvgIpc) is 3.29. The summed E-state index contributed by atoms with van der Waals surface area (Å²) in [6.45, 7) is 2.76. The predicted molar refractivity (Wildman–Crippen MR) is 135 cm³/mol. The van der Waals surface area contributed by atoms with Crippen LogP contribution in [0.4, 0.5) is 0 Å². The summed E-state index contributed by atoms with van der Waals surface area (Å²) in [4.78, 5) is 30.7. The molecule has 176 valence electrons. The lowest BCUT2D eigenvalue weighted by atomic mass is 10.1. The van der Waals surface area contributed by atoms with Gasteiger partial charge in [0.05, 0.1) is 25.9 Å². The first-order valence-electron chi connectivity index (χ1n) is 11.0. The van der Waals surface area contributed by atoms with Crippen LogP contribution in [-0.4, -0.2) is 36.2 Å². The molecule has 0 spiro atoms. The van der Waals surface area contributed by atoms with Gasteiger partial charge < -0.3 is 14.8 Å². The monoisotopic (exact) mass is 477 g/mol. The molecule has 0 aliphatic rings. The maximum Gasteiger partial charge on any atom is 0.262 e. The molecular weight excluding hydrogens is 450 g/mol. The molecule has 4 aromatic rings. The van der Waals surface area contributed by atoms with Crippen molar-refractivity contribution in [3.63, 3.8) is 0 Å². The van der Waals surface area contributed by atoms with E-state index in [0.29, 0.717) is 23.2 Å². The Morgan fingerprint density at radius 1 is 1.12 bits per heavy atom. The van der Waals surface area contributed by atoms with Crippen LogP contribution in [0.2, 0.25) is 0 Å². The van der Waals surface area contributed by atoms with E-state index in [1.54, 1.807) is 14.2 Å². The third-order valence-corrected chi connectivity index (χ3v) is 6.60. The summed E-state index contributed by atoms with van der Waals surface area (Å²) < 4.78 is 12.1. The number of benzene rings is 2. The second-order valence-electron chi connectivity index (χ2n) is 7.97. The van der Waals surface area contributed by atoms with Crippen LogP contribution >= 0.6 is 11.3 Å². The van der Waals surface area contributed by atoms with E-state index in [-0.39, 0.29) is 24.4 Å². The number of rotatable bonds is 9. The number of amides is 1. The smallest absolute Gasteiger partial charge is 0.262 e. The molecule has 1 N–H and O–H groups in total. The van der Waals surface area contributed by atoms with Gasteiger partial charge >= 0.3 is 0 Å². The van der Waals surface area contributed by atoms with E-state index in [4.69, 9.17) is 9.47 Å². The quantitative estimate of drug-likeness (QED) is 0.391. The SMILES string of the molecule is COc1ccc(CCNC(=O)CCn2cnc3scc(-c4ccc(C)cc4)c3c2=O)c(OC)c1. The summed E-state index contributed by atoms with van der Waals surface area (Å²) in [7, 11) is 3.21. The molecule has 1 amide bonds. The molecule has 0 aliphatic heterocycles. The van der Waals surface area contributed by atoms with Crippen LogP contribution in [0.15, 0.2) is 59.0 Å². The Labute approximate surface area is 202 Å². The zero-order chi connectivity index (χ0) is 24.1. The fourth-order valence-electron chi connectivity index (χ4n) is 3.78. The van der Waals surface area contributed by atoms with Gasteiger partial charge in [-0.2, -0.15) is 0 Å². The van der Waals surface area contributed by atoms with Crippen molar-refractivity contribution < 1.29 is 14.3 Å². The molecule has 0 radical (unpaired) electrons. The van der Waals surface area contributed by atoms with Gasteiger partial charge in [0.2, 0.25) is 5.91 Å². The molecule has 0 atom stereocenters. The van der Waals surface area contributed by atoms with E-state index in [0.717, 1.165) is 33.8 Å². The Morgan fingerprint density at radius 2 is 1.91 bits per heavy atom. The summed E-state index contributed by atoms with van der Waals surface area (Å²) >= 11 is 1.45. The molecule has 0 saturated carbocycles. The first kappa shape index (κ1) is 23.5. The zero-order valence-electron chi connectivity index (χ0n) is 19.5. The number of fused-ring (bicyclic) bond motifs is 1. The second kappa shape index (κ2) is 10.5. The van der Waals surface area contributed by atoms with Crippen molar-refractivity contribution in [1.29, 1.82) is 0 Å². The fraction of sp³-hybridized carbons (Fsp3) is 0.269. The van der Waals surface area contributed by atoms with Crippen molar-refractivity contribution in [3.05, 3.63) is 75.7 Å². The van der Waals surface area contributed by atoms with Crippen molar-refractivity contribution >= 4 is 27.5 Å². The molecule has 0 aliphatic carbocycles. The number of carbonyl (C=O) groups is 1. The topological polar surface area (TPSA) is 82.5 Å². The highest BCUT2D eigenvalue weighted by atomic mass is 32.1. The maximum absolute atomic E-state index is 13.2. The molecular formula is C26H27N3O4S. The van der Waals surface area contributed by atoms with Crippen LogP contribution in [0.1, 0.15) is 17.5 Å². The number of aromatic nitrogens is 2. The number of methoxy groups -OCH3 is 2. The molecule has 2 aromatic heterocycles. The zero-order valence-corrected chi connectivity index (χ0v) is 20.3. The van der Waals surface area contributed by atoms with Crippen LogP contribution in [0.3, 0.4) is 0 Å². The van der Waals surface area contributed by atoms with E-state index in [2.05, 4.69) is 10.3 Å². The first-order chi connectivity index (χ1) is 16.5. The van der Waals surface area contributed by atoms with Crippen LogP contribution in [0.25, 0.3) is 21.3 Å². The predicted octanol–water partition coefficient (Wildman–Crippen LogP) is 4.20. The van der Waals surface area contributed by atoms with Crippen molar-refractivity contribution in [3.8, 4) is 22.6 Å². The standard InChI is InChI=1S/C26H27N3O4S/c1-17-4-6-18(7-5-17)21-15-34-25-24(21)26(31)29(16-28-25)13-11-23(30)27-12-10-19-8-9-20(32-2)14-22(19)33-3/h4-9,14-16H,10-13H2,1-3H3,(H,27,30). The number of nitrogens with one attached hydrogen (secondary N) is 1. The summed E-state index contributed by atoms with van der Waals surface area (Å²) in [5.74, 6) is 1.32. The summed E-state index contributed by atoms with van der Waals surface area (Å²) in [5, 5.41) is 5.48. The van der Waals surface area contributed by atoms with Crippen molar-refractivity contribution in [2.24, 2.45) is 0 Å². The van der Waals surface area contributed by atoms with Crippen molar-refractivity contribution in [2.75, 3.05) is 20.8 Å². The number of aryl methyl sites for hydroxylation is 2. The van der Waals surface area contributed by atoms with Gasteiger partial charge in [-0.15, -0.1) is 11.3 Å². The van der Waals surface area contributed by atoms with Gasteiger partial charge in [-0.1, -0.05) is 35.9 Å². The van der Waals surface area contributed by atoms with Gasteiger partial charge in [0, 0.05) is 36.5 Å². The normalized spacial score (nSPS) is 10.9. The minimum absolute atomic E-state index is 0.122. The van der Waals surface area contributed by atoms with Crippen LogP contribution < -0.4 is 20.3 Å². The van der Waals surface area contributed by atoms with Gasteiger partial charge in [0.15, 0.2) is 0 Å². The molecule has 0 bridgehead atoms. The number of hydrogen-bond acceptors (Lipinski definition) is 6. The maximum atomic E-state index is 13.2. The Balaban J connectivity index is 1.39. The third-order valence-electron chi connectivity index (χ3n) is 5.71. The number of nitrogens with zero attached hydrogens (tertiary/aromatic N) is 2. The molecule has 8 heteroatoms. The fourth-order valence-corrected chi connectivity index (χ4v) is 4.68. The van der Waals surface area contributed by atoms with Gasteiger partial charge in [0.25, 0.3) is 5.56 Å². The second-order valence-corrected chi connectivity index (χ2v) is 8.82. The minimum atomic E-state index is -0.127. The molecule has 2 aromatic carbocycles. The molecule has 0 fully saturated rings. The molecule has 2 heterocycles. The number of carbonyl (C=O) groups excluding carboxylic acids is 1. The number of hydrogen-bond donors (Lipinski definition) is 1. The van der Waals surface area contributed by atoms with E-state index >= 15 is 0 Å². The van der Waals surface area contributed by atoms with Crippen molar-refractivity contribution in [1.82, 2.24) is 14.9 Å². The highest BCUT2D eigenvalue weighted by Crippen LogP contribution is 2.30. The van der Waals surface area contributed by atoms with Gasteiger partial charge in [-0.3, -0.25) is 14.2 Å². The molecule has 0 saturated heterocycles. The van der Waals surface area contributed by atoms with Gasteiger partial charge in [-0.05, 0) is 30.5 Å². The molecule has 7 nitrogen and oxygen atoms in total. The van der Waals surface area contributed by atoms with Crippen LogP contribution in [0, 0.1) is 6.92 Å². The Kier molecular flexibility index (Phi) is 7.27. The first-order valence-corrected chi connectivity index (χ1v) is 11.9. The highest BCUT2D eigenvalue weighted by molar-refractivity contribution is 7.17. The highest BCUT2D eigenvalue weighted by Gasteiger charge is 2.14. The van der Waals surface area contributed by atoms with E-state index in [9.17, 15) is 9.59 Å². The number of ether oxygens (including phenoxy) is 2. The van der Waals surface area contributed by atoms with Crippen LogP contribution in [0.5, 0.6) is 11.5 Å². The van der Waals surface area contributed by atoms with Crippen molar-refractivity contribution in [2.45, 2.75) is 26.3 Å². The number of thiophene rings is 1. The molecule has 34 heavy (non-hydrogen) atoms. The van der Waals surface area contributed by atoms with E-state index in [1.807, 2.05) is 54.8 Å². The lowest BCUT2D eigenvalue weighted by Crippen LogP contribution is -2.29. The summed E-state index contributed by atoms with van der Waals surface area (Å²) in [6.07, 6.45) is 2.34. The van der Waals surface area contributed by atoms with Crippen LogP contribution in [-0.2, 0) is 17.8 Å². The lowest BCUT2D eigenvalue weighted by Gasteiger charge is -2.11. The van der Waals surface area contributed by atoms with Gasteiger partial charge in [-0.25, -0.2) is 4.98 Å². The molecule has 0 unspecified atom stereocenters. The summed E-state index contributed by atoms with van der Waals surface area (Å²) in [5.41, 5.74) is 3.88. The minimum Gasteiger partial charge on any atom is -0.497 e. The largest absolute Gasteiger partial charge is 0.497 e. The van der Waals surface area contributed by atoms with E-state index in [1.165, 1.54) is 22.2 Å².